The van der Waals surface area contributed by atoms with Crippen LogP contribution in [0, 0.1) is 23.7 Å². The van der Waals surface area contributed by atoms with E-state index in [1.807, 2.05) is 59.2 Å². The van der Waals surface area contributed by atoms with Crippen LogP contribution in [-0.2, 0) is 0 Å². The van der Waals surface area contributed by atoms with Crippen molar-refractivity contribution in [1.82, 2.24) is 0 Å². The Labute approximate surface area is 199 Å². The van der Waals surface area contributed by atoms with E-state index >= 15 is 0 Å². The lowest BCUT2D eigenvalue weighted by Crippen LogP contribution is -1.72. The van der Waals surface area contributed by atoms with Crippen LogP contribution in [0.2, 0.25) is 0 Å². The van der Waals surface area contributed by atoms with E-state index in [2.05, 4.69) is 59.1 Å². The molecule has 4 rings (SSSR count). The van der Waals surface area contributed by atoms with Crippen molar-refractivity contribution < 1.29 is 0 Å². The predicted molar refractivity (Wildman–Crippen MR) is 141 cm³/mol. The first kappa shape index (κ1) is 21.1. The normalized spacial score (nSPS) is 16.4. The second-order valence-electron chi connectivity index (χ2n) is 5.08. The fraction of sp³-hybridized carbons (Fsp3) is 0.100. The van der Waals surface area contributed by atoms with Gasteiger partial charge in [-0.3, -0.25) is 0 Å². The van der Waals surface area contributed by atoms with E-state index in [4.69, 9.17) is 0 Å². The molecule has 0 aliphatic carbocycles. The van der Waals surface area contributed by atoms with Crippen LogP contribution in [0.5, 0.6) is 0 Å². The summed E-state index contributed by atoms with van der Waals surface area (Å²) in [4.78, 5) is 4.31. The zero-order chi connectivity index (χ0) is 19.3. The first-order valence-electron chi connectivity index (χ1n) is 7.90. The molecule has 0 nitrogen and oxygen atoms in total. The third-order valence-corrected chi connectivity index (χ3v) is 13.1. The first-order valence-corrected chi connectivity index (χ1v) is 15.4. The lowest BCUT2D eigenvalue weighted by molar-refractivity contribution is 1.90. The van der Waals surface area contributed by atoms with Crippen molar-refractivity contribution in [2.45, 2.75) is 0 Å². The highest BCUT2D eigenvalue weighted by atomic mass is 32.3. The van der Waals surface area contributed by atoms with E-state index in [0.29, 0.717) is 0 Å². The molecule has 2 aromatic heterocycles. The zero-order valence-electron chi connectivity index (χ0n) is 14.7. The minimum atomic E-state index is 1.06. The molecule has 0 unspecified atom stereocenters. The molecule has 2 aliphatic heterocycles. The van der Waals surface area contributed by atoms with Crippen LogP contribution in [0.15, 0.2) is 61.8 Å². The van der Waals surface area contributed by atoms with Crippen molar-refractivity contribution in [3.8, 4) is 23.7 Å². The van der Waals surface area contributed by atoms with Crippen LogP contribution in [-0.4, -0.2) is 12.5 Å². The summed E-state index contributed by atoms with van der Waals surface area (Å²) in [7, 11) is 0. The smallest absolute Gasteiger partial charge is 0.0856 e. The number of hydrogen-bond acceptors (Lipinski definition) is 8. The van der Waals surface area contributed by atoms with E-state index in [1.165, 1.54) is 16.9 Å². The van der Waals surface area contributed by atoms with Gasteiger partial charge in [0.1, 0.15) is 0 Å². The van der Waals surface area contributed by atoms with Gasteiger partial charge < -0.3 is 0 Å². The maximum Gasteiger partial charge on any atom is 0.0856 e. The summed E-state index contributed by atoms with van der Waals surface area (Å²) in [6, 6.07) is 8.19. The molecule has 0 amide bonds. The third-order valence-electron chi connectivity index (χ3n) is 3.31. The lowest BCUT2D eigenvalue weighted by atomic mass is 10.4. The van der Waals surface area contributed by atoms with Crippen LogP contribution >= 0.6 is 93.2 Å². The average molecular weight is 509 g/mol. The first-order chi connectivity index (χ1) is 13.8. The molecule has 0 radical (unpaired) electrons. The molecule has 0 spiro atoms. The van der Waals surface area contributed by atoms with Crippen LogP contribution in [0.4, 0.5) is 0 Å². The van der Waals surface area contributed by atoms with Gasteiger partial charge in [-0.1, -0.05) is 82.9 Å². The van der Waals surface area contributed by atoms with Crippen molar-refractivity contribution in [1.29, 1.82) is 0 Å². The summed E-state index contributed by atoms with van der Waals surface area (Å²) in [5, 5.41) is 4.12. The van der Waals surface area contributed by atoms with Gasteiger partial charge in [0.05, 0.1) is 36.5 Å². The van der Waals surface area contributed by atoms with E-state index in [9.17, 15) is 0 Å². The Hall–Kier alpha value is -0.160. The number of rotatable bonds is 2. The predicted octanol–water partition coefficient (Wildman–Crippen LogP) is 8.36. The minimum absolute atomic E-state index is 1.06. The topological polar surface area (TPSA) is 0 Å². The maximum atomic E-state index is 3.37. The van der Waals surface area contributed by atoms with Crippen molar-refractivity contribution in [3.05, 3.63) is 71.5 Å². The molecule has 0 atom stereocenters. The third kappa shape index (κ3) is 5.11. The second kappa shape index (κ2) is 10.2. The lowest BCUT2D eigenvalue weighted by Gasteiger charge is -2.00. The van der Waals surface area contributed by atoms with Crippen LogP contribution in [0.1, 0.15) is 9.75 Å². The second-order valence-corrected chi connectivity index (χ2v) is 13.7. The van der Waals surface area contributed by atoms with Crippen molar-refractivity contribution >= 4 is 93.2 Å². The van der Waals surface area contributed by atoms with Crippen molar-refractivity contribution in [2.75, 3.05) is 12.5 Å². The molecule has 0 aromatic carbocycles. The molecule has 0 saturated carbocycles. The monoisotopic (exact) mass is 508 g/mol. The average Bonchev–Trinajstić information content (AvgIpc) is 3.51. The minimum Gasteiger partial charge on any atom is -0.135 e. The molecule has 28 heavy (non-hydrogen) atoms. The molecule has 2 aliphatic rings. The molecular formula is C20H12S8. The van der Waals surface area contributed by atoms with Gasteiger partial charge in [-0.2, -0.15) is 0 Å². The van der Waals surface area contributed by atoms with Gasteiger partial charge in [-0.25, -0.2) is 0 Å². The zero-order valence-corrected chi connectivity index (χ0v) is 21.3. The maximum absolute atomic E-state index is 3.37. The summed E-state index contributed by atoms with van der Waals surface area (Å²) < 4.78 is 5.44. The highest BCUT2D eigenvalue weighted by molar-refractivity contribution is 8.42. The Morgan fingerprint density at radius 2 is 1.11 bits per heavy atom. The molecule has 4 heterocycles. The summed E-state index contributed by atoms with van der Waals surface area (Å²) >= 11 is 14.3. The Balaban J connectivity index is 1.63. The fourth-order valence-corrected chi connectivity index (χ4v) is 10.8. The standard InChI is InChI=1S/C20H12S8/c1-21-17-18(22-2)28-20(27-17)19-25-15(9-7-13-5-3-11-23-13)16(26-19)10-8-14-6-4-12-24-14/h3-6,11-12H,1-2H3. The molecule has 8 heteroatoms. The van der Waals surface area contributed by atoms with Gasteiger partial charge in [0.15, 0.2) is 0 Å². The van der Waals surface area contributed by atoms with Crippen LogP contribution in [0.25, 0.3) is 0 Å². The van der Waals surface area contributed by atoms with Crippen LogP contribution < -0.4 is 0 Å². The number of allylic oxidation sites excluding steroid dienone is 2. The van der Waals surface area contributed by atoms with Gasteiger partial charge in [-0.15, -0.1) is 46.2 Å². The number of thioether (sulfide) groups is 6. The van der Waals surface area contributed by atoms with Crippen LogP contribution in [0.3, 0.4) is 0 Å². The van der Waals surface area contributed by atoms with Crippen molar-refractivity contribution in [3.63, 3.8) is 0 Å². The Kier molecular flexibility index (Phi) is 7.71. The highest BCUT2D eigenvalue weighted by Crippen LogP contribution is 2.62. The molecular weight excluding hydrogens is 497 g/mol. The molecule has 0 bridgehead atoms. The molecule has 140 valence electrons. The SMILES string of the molecule is CSC1=C(SC)SC(=C2SC(C#Cc3cccs3)=C(C#Cc3cccs3)S2)S1. The van der Waals surface area contributed by atoms with Crippen molar-refractivity contribution in [2.24, 2.45) is 0 Å². The van der Waals surface area contributed by atoms with Gasteiger partial charge >= 0.3 is 0 Å². The highest BCUT2D eigenvalue weighted by Gasteiger charge is 2.28. The Bertz CT molecular complexity index is 993. The Morgan fingerprint density at radius 1 is 0.643 bits per heavy atom. The quantitative estimate of drug-likeness (QED) is 0.371. The van der Waals surface area contributed by atoms with E-state index < -0.39 is 0 Å². The molecule has 0 fully saturated rings. The summed E-state index contributed by atoms with van der Waals surface area (Å²) in [6.07, 6.45) is 4.30. The van der Waals surface area contributed by atoms with Gasteiger partial charge in [0, 0.05) is 0 Å². The van der Waals surface area contributed by atoms with Gasteiger partial charge in [0.2, 0.25) is 0 Å². The summed E-state index contributed by atoms with van der Waals surface area (Å²) in [5.74, 6) is 13.3. The van der Waals surface area contributed by atoms with E-state index in [1.54, 1.807) is 46.2 Å². The largest absolute Gasteiger partial charge is 0.135 e. The van der Waals surface area contributed by atoms with E-state index in [0.717, 1.165) is 19.6 Å². The fourth-order valence-electron chi connectivity index (χ4n) is 2.09. The number of thiophene rings is 2. The Morgan fingerprint density at radius 3 is 1.50 bits per heavy atom. The summed E-state index contributed by atoms with van der Waals surface area (Å²) in [5.41, 5.74) is 0. The summed E-state index contributed by atoms with van der Waals surface area (Å²) in [6.45, 7) is 0. The molecule has 2 aromatic rings. The number of hydrogen-bond donors (Lipinski definition) is 0. The molecule has 0 N–H and O–H groups in total. The van der Waals surface area contributed by atoms with Gasteiger partial charge in [-0.05, 0) is 35.4 Å². The molecule has 0 saturated heterocycles. The van der Waals surface area contributed by atoms with Gasteiger partial charge in [0.25, 0.3) is 0 Å². The van der Waals surface area contributed by atoms with E-state index in [-0.39, 0.29) is 0 Å².